The third-order valence-electron chi connectivity index (χ3n) is 5.28. The molecule has 0 aliphatic rings. The van der Waals surface area contributed by atoms with Gasteiger partial charge >= 0.3 is 0 Å². The Morgan fingerprint density at radius 1 is 1.13 bits per heavy atom. The highest BCUT2D eigenvalue weighted by atomic mass is 32.1. The van der Waals surface area contributed by atoms with Crippen LogP contribution in [-0.2, 0) is 13.0 Å². The van der Waals surface area contributed by atoms with E-state index in [9.17, 15) is 9.18 Å². The fourth-order valence-corrected chi connectivity index (χ4v) is 4.59. The van der Waals surface area contributed by atoms with E-state index < -0.39 is 5.82 Å². The highest BCUT2D eigenvalue weighted by Gasteiger charge is 2.15. The number of aryl methyl sites for hydroxylation is 2. The molecule has 5 rings (SSSR count). The molecule has 3 heterocycles. The first-order valence-electron chi connectivity index (χ1n) is 9.80. The lowest BCUT2D eigenvalue weighted by Crippen LogP contribution is -2.23. The molecule has 0 aliphatic carbocycles. The van der Waals surface area contributed by atoms with Crippen LogP contribution >= 0.6 is 11.3 Å². The second-order valence-electron chi connectivity index (χ2n) is 7.16. The highest BCUT2D eigenvalue weighted by Crippen LogP contribution is 2.33. The average Bonchev–Trinajstić information content (AvgIpc) is 3.23. The Kier molecular flexibility index (Phi) is 4.95. The number of benzene rings is 2. The molecule has 0 fully saturated rings. The van der Waals surface area contributed by atoms with Gasteiger partial charge in [0.05, 0.1) is 35.5 Å². The van der Waals surface area contributed by atoms with Crippen LogP contribution in [0.1, 0.15) is 5.69 Å². The van der Waals surface area contributed by atoms with E-state index in [2.05, 4.69) is 10.1 Å². The van der Waals surface area contributed by atoms with Crippen molar-refractivity contribution in [1.82, 2.24) is 14.8 Å². The zero-order valence-electron chi connectivity index (χ0n) is 16.7. The number of para-hydroxylation sites is 1. The first kappa shape index (κ1) is 19.4. The summed E-state index contributed by atoms with van der Waals surface area (Å²) in [6.45, 7) is 0.409. The van der Waals surface area contributed by atoms with Crippen LogP contribution in [0.5, 0.6) is 5.75 Å². The molecule has 2 aromatic carbocycles. The van der Waals surface area contributed by atoms with E-state index in [1.165, 1.54) is 29.2 Å². The van der Waals surface area contributed by atoms with Gasteiger partial charge in [0.15, 0.2) is 11.6 Å². The second-order valence-corrected chi connectivity index (χ2v) is 8.07. The van der Waals surface area contributed by atoms with Crippen molar-refractivity contribution in [2.45, 2.75) is 13.0 Å². The van der Waals surface area contributed by atoms with Crippen molar-refractivity contribution >= 4 is 32.3 Å². The van der Waals surface area contributed by atoms with Gasteiger partial charge in [-0.2, -0.15) is 5.10 Å². The quantitative estimate of drug-likeness (QED) is 0.390. The van der Waals surface area contributed by atoms with Gasteiger partial charge in [-0.3, -0.25) is 9.78 Å². The monoisotopic (exact) mass is 431 g/mol. The molecule has 0 atom stereocenters. The summed E-state index contributed by atoms with van der Waals surface area (Å²) >= 11 is 1.42. The molecule has 3 aromatic heterocycles. The Hall–Kier alpha value is -3.58. The molecule has 0 radical (unpaired) electrons. The minimum absolute atomic E-state index is 0.172. The van der Waals surface area contributed by atoms with E-state index in [-0.39, 0.29) is 11.3 Å². The van der Waals surface area contributed by atoms with Crippen LogP contribution in [0.3, 0.4) is 0 Å². The summed E-state index contributed by atoms with van der Waals surface area (Å²) in [5.74, 6) is -0.290. The molecule has 154 valence electrons. The minimum atomic E-state index is -0.462. The molecular formula is C24H18FN3O2S. The summed E-state index contributed by atoms with van der Waals surface area (Å²) in [4.78, 5) is 17.9. The molecule has 0 saturated heterocycles. The largest absolute Gasteiger partial charge is 0.494 e. The highest BCUT2D eigenvalue weighted by molar-refractivity contribution is 7.17. The van der Waals surface area contributed by atoms with E-state index in [4.69, 9.17) is 4.74 Å². The van der Waals surface area contributed by atoms with E-state index in [1.807, 2.05) is 41.8 Å². The number of fused-ring (bicyclic) bond motifs is 2. The smallest absolute Gasteiger partial charge is 0.276 e. The lowest BCUT2D eigenvalue weighted by molar-refractivity contribution is 0.386. The van der Waals surface area contributed by atoms with E-state index >= 15 is 0 Å². The maximum atomic E-state index is 14.2. The van der Waals surface area contributed by atoms with Gasteiger partial charge in [0.1, 0.15) is 0 Å². The van der Waals surface area contributed by atoms with Gasteiger partial charge in [-0.25, -0.2) is 9.07 Å². The van der Waals surface area contributed by atoms with Crippen LogP contribution in [0.15, 0.2) is 71.0 Å². The van der Waals surface area contributed by atoms with Crippen LogP contribution in [0.4, 0.5) is 4.39 Å². The van der Waals surface area contributed by atoms with E-state index in [0.29, 0.717) is 29.5 Å². The first-order chi connectivity index (χ1) is 15.1. The molecule has 0 N–H and O–H groups in total. The molecule has 31 heavy (non-hydrogen) atoms. The molecule has 0 bridgehead atoms. The Balaban J connectivity index is 1.48. The molecular weight excluding hydrogens is 413 g/mol. The van der Waals surface area contributed by atoms with Gasteiger partial charge < -0.3 is 4.74 Å². The van der Waals surface area contributed by atoms with Gasteiger partial charge in [0.25, 0.3) is 5.56 Å². The van der Waals surface area contributed by atoms with Gasteiger partial charge in [0.2, 0.25) is 0 Å². The average molecular weight is 431 g/mol. The number of rotatable bonds is 5. The number of pyridine rings is 1. The van der Waals surface area contributed by atoms with Crippen LogP contribution in [-0.4, -0.2) is 21.9 Å². The second kappa shape index (κ2) is 7.92. The lowest BCUT2D eigenvalue weighted by Gasteiger charge is -2.07. The van der Waals surface area contributed by atoms with Crippen molar-refractivity contribution in [3.8, 4) is 16.9 Å². The molecule has 5 nitrogen and oxygen atoms in total. The number of hydrogen-bond donors (Lipinski definition) is 0. The summed E-state index contributed by atoms with van der Waals surface area (Å²) in [5.41, 5.74) is 2.97. The van der Waals surface area contributed by atoms with Crippen molar-refractivity contribution in [3.63, 3.8) is 0 Å². The number of thiophene rings is 1. The van der Waals surface area contributed by atoms with Crippen molar-refractivity contribution in [2.24, 2.45) is 0 Å². The lowest BCUT2D eigenvalue weighted by atomic mass is 10.1. The maximum absolute atomic E-state index is 14.2. The zero-order valence-corrected chi connectivity index (χ0v) is 17.5. The Morgan fingerprint density at radius 3 is 2.84 bits per heavy atom. The number of nitrogens with zero attached hydrogens (tertiary/aromatic N) is 3. The van der Waals surface area contributed by atoms with Gasteiger partial charge in [-0.15, -0.1) is 11.3 Å². The van der Waals surface area contributed by atoms with Gasteiger partial charge in [-0.1, -0.05) is 30.3 Å². The summed E-state index contributed by atoms with van der Waals surface area (Å²) in [6.07, 6.45) is 2.28. The van der Waals surface area contributed by atoms with E-state index in [1.54, 1.807) is 18.3 Å². The maximum Gasteiger partial charge on any atom is 0.276 e. The Bertz CT molecular complexity index is 1480. The molecule has 7 heteroatoms. The van der Waals surface area contributed by atoms with Crippen molar-refractivity contribution in [3.05, 3.63) is 88.0 Å². The van der Waals surface area contributed by atoms with Gasteiger partial charge in [-0.05, 0) is 29.8 Å². The fourth-order valence-electron chi connectivity index (χ4n) is 3.67. The summed E-state index contributed by atoms with van der Waals surface area (Å²) < 4.78 is 21.4. The molecule has 5 aromatic rings. The van der Waals surface area contributed by atoms with Gasteiger partial charge in [0, 0.05) is 28.4 Å². The van der Waals surface area contributed by atoms with E-state index in [0.717, 1.165) is 21.3 Å². The number of hydrogen-bond acceptors (Lipinski definition) is 5. The molecule has 0 amide bonds. The van der Waals surface area contributed by atoms with Crippen LogP contribution in [0.2, 0.25) is 0 Å². The molecule has 0 spiro atoms. The Morgan fingerprint density at radius 2 is 2.00 bits per heavy atom. The summed E-state index contributed by atoms with van der Waals surface area (Å²) in [7, 11) is 1.42. The molecule has 0 aliphatic heterocycles. The normalized spacial score (nSPS) is 11.3. The first-order valence-corrected chi connectivity index (χ1v) is 10.7. The van der Waals surface area contributed by atoms with Crippen molar-refractivity contribution < 1.29 is 9.13 Å². The van der Waals surface area contributed by atoms with Crippen LogP contribution in [0, 0.1) is 5.82 Å². The van der Waals surface area contributed by atoms with Crippen molar-refractivity contribution in [1.29, 1.82) is 0 Å². The number of methoxy groups -OCH3 is 1. The third kappa shape index (κ3) is 3.57. The number of ether oxygens (including phenoxy) is 1. The summed E-state index contributed by atoms with van der Waals surface area (Å²) in [5, 5.41) is 7.83. The molecule has 0 unspecified atom stereocenters. The topological polar surface area (TPSA) is 57.0 Å². The zero-order chi connectivity index (χ0) is 21.4. The minimum Gasteiger partial charge on any atom is -0.494 e. The van der Waals surface area contributed by atoms with Crippen LogP contribution in [0.25, 0.3) is 32.1 Å². The predicted molar refractivity (Wildman–Crippen MR) is 121 cm³/mol. The SMILES string of the molecule is COc1ccc(-c2csc3cnn(CCc4ccc5ccccc5n4)c(=O)c23)cc1F. The molecule has 0 saturated carbocycles. The fraction of sp³-hybridized carbons (Fsp3) is 0.125. The summed E-state index contributed by atoms with van der Waals surface area (Å²) in [6, 6.07) is 16.7. The number of halogens is 1. The predicted octanol–water partition coefficient (Wildman–Crippen LogP) is 5.06. The number of aromatic nitrogens is 3. The third-order valence-corrected chi connectivity index (χ3v) is 6.20. The Labute approximate surface area is 181 Å². The standard InChI is InChI=1S/C24H18FN3O2S/c1-30-21-9-7-16(12-19(21)25)18-14-31-22-13-26-28(24(29)23(18)22)11-10-17-8-6-15-4-2-3-5-20(15)27-17/h2-9,12-14H,10-11H2,1H3. The van der Waals surface area contributed by atoms with Crippen LogP contribution < -0.4 is 10.3 Å². The van der Waals surface area contributed by atoms with Crippen molar-refractivity contribution in [2.75, 3.05) is 7.11 Å².